The Bertz CT molecular complexity index is 778. The average molecular weight is 372 g/mol. The van der Waals surface area contributed by atoms with Gasteiger partial charge >= 0.3 is 0 Å². The highest BCUT2D eigenvalue weighted by Crippen LogP contribution is 2.09. The maximum atomic E-state index is 13.3. The van der Waals surface area contributed by atoms with Crippen molar-refractivity contribution in [3.63, 3.8) is 0 Å². The first-order valence-electron chi connectivity index (χ1n) is 8.80. The van der Waals surface area contributed by atoms with E-state index in [-0.39, 0.29) is 17.5 Å². The number of nitrogens with one attached hydrogen (secondary N) is 2. The van der Waals surface area contributed by atoms with E-state index in [0.717, 1.165) is 5.56 Å². The largest absolute Gasteiger partial charge is 0.508 e. The monoisotopic (exact) mass is 372 g/mol. The summed E-state index contributed by atoms with van der Waals surface area (Å²) < 4.78 is 13.3. The van der Waals surface area contributed by atoms with Gasteiger partial charge in [0, 0.05) is 32.2 Å². The molecule has 0 atom stereocenters. The molecule has 6 nitrogen and oxygen atoms in total. The molecule has 0 aliphatic rings. The Morgan fingerprint density at radius 2 is 1.93 bits per heavy atom. The number of carbonyl (C=O) groups excluding carboxylic acids is 1. The van der Waals surface area contributed by atoms with E-state index in [2.05, 4.69) is 15.6 Å². The summed E-state index contributed by atoms with van der Waals surface area (Å²) in [5, 5.41) is 15.2. The molecule has 0 spiro atoms. The number of halogens is 1. The van der Waals surface area contributed by atoms with Gasteiger partial charge in [-0.1, -0.05) is 12.1 Å². The Kier molecular flexibility index (Phi) is 7.61. The lowest BCUT2D eigenvalue weighted by Crippen LogP contribution is -2.39. The molecule has 27 heavy (non-hydrogen) atoms. The summed E-state index contributed by atoms with van der Waals surface area (Å²) in [6, 6.07) is 12.5. The Morgan fingerprint density at radius 3 is 2.59 bits per heavy atom. The number of amides is 1. The zero-order valence-electron chi connectivity index (χ0n) is 15.6. The number of phenols is 1. The van der Waals surface area contributed by atoms with Gasteiger partial charge in [-0.15, -0.1) is 0 Å². The van der Waals surface area contributed by atoms with Crippen molar-refractivity contribution in [2.45, 2.75) is 13.5 Å². The van der Waals surface area contributed by atoms with E-state index in [1.165, 1.54) is 24.3 Å². The van der Waals surface area contributed by atoms with Gasteiger partial charge in [0.2, 0.25) is 0 Å². The van der Waals surface area contributed by atoms with E-state index in [4.69, 9.17) is 0 Å². The maximum absolute atomic E-state index is 13.3. The zero-order valence-corrected chi connectivity index (χ0v) is 15.6. The van der Waals surface area contributed by atoms with Gasteiger partial charge in [0.05, 0.1) is 6.54 Å². The Labute approximate surface area is 158 Å². The number of hydrogen-bond donors (Lipinski definition) is 3. The van der Waals surface area contributed by atoms with Gasteiger partial charge in [-0.05, 0) is 48.9 Å². The summed E-state index contributed by atoms with van der Waals surface area (Å²) in [4.78, 5) is 18.4. The highest BCUT2D eigenvalue weighted by Gasteiger charge is 2.08. The molecule has 2 aromatic carbocycles. The van der Waals surface area contributed by atoms with Crippen LogP contribution in [0.1, 0.15) is 22.8 Å². The van der Waals surface area contributed by atoms with Crippen LogP contribution >= 0.6 is 0 Å². The van der Waals surface area contributed by atoms with Crippen LogP contribution in [0.3, 0.4) is 0 Å². The summed E-state index contributed by atoms with van der Waals surface area (Å²) in [6.45, 7) is 3.97. The summed E-state index contributed by atoms with van der Waals surface area (Å²) >= 11 is 0. The molecule has 0 bridgehead atoms. The number of rotatable bonds is 7. The molecule has 0 heterocycles. The Hall–Kier alpha value is -3.09. The fourth-order valence-electron chi connectivity index (χ4n) is 2.50. The molecule has 3 N–H and O–H groups in total. The summed E-state index contributed by atoms with van der Waals surface area (Å²) in [5.74, 6) is 0.316. The summed E-state index contributed by atoms with van der Waals surface area (Å²) in [5.41, 5.74) is 1.33. The second-order valence-corrected chi connectivity index (χ2v) is 6.02. The number of carbonyl (C=O) groups is 1. The molecule has 0 aliphatic carbocycles. The molecule has 0 unspecified atom stereocenters. The number of guanidine groups is 1. The summed E-state index contributed by atoms with van der Waals surface area (Å²) in [6.07, 6.45) is 0. The van der Waals surface area contributed by atoms with Crippen LogP contribution in [0.5, 0.6) is 5.75 Å². The predicted octanol–water partition coefficient (Wildman–Crippen LogP) is 2.36. The average Bonchev–Trinajstić information content (AvgIpc) is 2.64. The van der Waals surface area contributed by atoms with Gasteiger partial charge < -0.3 is 20.6 Å². The van der Waals surface area contributed by atoms with Crippen LogP contribution < -0.4 is 10.6 Å². The lowest BCUT2D eigenvalue weighted by atomic mass is 10.2. The number of phenolic OH excluding ortho intramolecular Hbond substituents is 1. The topological polar surface area (TPSA) is 77.0 Å². The third kappa shape index (κ3) is 6.62. The van der Waals surface area contributed by atoms with Crippen molar-refractivity contribution in [2.75, 3.05) is 26.7 Å². The van der Waals surface area contributed by atoms with Crippen LogP contribution in [0.25, 0.3) is 0 Å². The van der Waals surface area contributed by atoms with Crippen LogP contribution in [-0.2, 0) is 6.54 Å². The zero-order chi connectivity index (χ0) is 19.6. The first-order chi connectivity index (χ1) is 13.0. The van der Waals surface area contributed by atoms with Crippen molar-refractivity contribution in [2.24, 2.45) is 4.99 Å². The molecular weight excluding hydrogens is 347 g/mol. The van der Waals surface area contributed by atoms with Crippen molar-refractivity contribution in [3.05, 3.63) is 65.5 Å². The number of aliphatic imine (C=N–C) groups is 1. The smallest absolute Gasteiger partial charge is 0.251 e. The highest BCUT2D eigenvalue weighted by molar-refractivity contribution is 5.94. The van der Waals surface area contributed by atoms with E-state index < -0.39 is 0 Å². The molecule has 0 radical (unpaired) electrons. The van der Waals surface area contributed by atoms with Crippen molar-refractivity contribution >= 4 is 11.9 Å². The molecule has 7 heteroatoms. The molecule has 144 valence electrons. The van der Waals surface area contributed by atoms with Crippen molar-refractivity contribution in [1.29, 1.82) is 0 Å². The van der Waals surface area contributed by atoms with E-state index in [1.54, 1.807) is 18.2 Å². The van der Waals surface area contributed by atoms with Gasteiger partial charge in [-0.3, -0.25) is 9.79 Å². The Balaban J connectivity index is 1.88. The first-order valence-corrected chi connectivity index (χ1v) is 8.80. The molecule has 0 aliphatic heterocycles. The summed E-state index contributed by atoms with van der Waals surface area (Å²) in [7, 11) is 1.88. The number of hydrogen-bond acceptors (Lipinski definition) is 3. The lowest BCUT2D eigenvalue weighted by molar-refractivity contribution is 0.0955. The molecule has 2 rings (SSSR count). The van der Waals surface area contributed by atoms with Crippen LogP contribution in [0.4, 0.5) is 4.39 Å². The van der Waals surface area contributed by atoms with E-state index >= 15 is 0 Å². The molecule has 0 saturated carbocycles. The molecular formula is C20H25FN4O2. The second-order valence-electron chi connectivity index (χ2n) is 6.02. The third-order valence-electron chi connectivity index (χ3n) is 3.79. The van der Waals surface area contributed by atoms with Gasteiger partial charge in [-0.2, -0.15) is 0 Å². The number of nitrogens with zero attached hydrogens (tertiary/aromatic N) is 2. The SMILES string of the molecule is CCNC(=NCCNC(=O)c1ccc(O)cc1)N(C)Cc1cccc(F)c1. The molecule has 0 aromatic heterocycles. The number of benzene rings is 2. The van der Waals surface area contributed by atoms with Crippen molar-refractivity contribution in [1.82, 2.24) is 15.5 Å². The van der Waals surface area contributed by atoms with Gasteiger partial charge in [0.1, 0.15) is 11.6 Å². The number of aromatic hydroxyl groups is 1. The van der Waals surface area contributed by atoms with E-state index in [0.29, 0.717) is 37.7 Å². The van der Waals surface area contributed by atoms with Gasteiger partial charge in [0.25, 0.3) is 5.91 Å². The van der Waals surface area contributed by atoms with Gasteiger partial charge in [0.15, 0.2) is 5.96 Å². The molecule has 0 saturated heterocycles. The predicted molar refractivity (Wildman–Crippen MR) is 104 cm³/mol. The van der Waals surface area contributed by atoms with Crippen LogP contribution in [0, 0.1) is 5.82 Å². The maximum Gasteiger partial charge on any atom is 0.251 e. The van der Waals surface area contributed by atoms with Crippen molar-refractivity contribution in [3.8, 4) is 5.75 Å². The molecule has 1 amide bonds. The van der Waals surface area contributed by atoms with Crippen LogP contribution in [0.15, 0.2) is 53.5 Å². The van der Waals surface area contributed by atoms with Crippen LogP contribution in [-0.4, -0.2) is 48.6 Å². The minimum Gasteiger partial charge on any atom is -0.508 e. The van der Waals surface area contributed by atoms with Crippen LogP contribution in [0.2, 0.25) is 0 Å². The highest BCUT2D eigenvalue weighted by atomic mass is 19.1. The van der Waals surface area contributed by atoms with Gasteiger partial charge in [-0.25, -0.2) is 4.39 Å². The quantitative estimate of drug-likeness (QED) is 0.396. The normalized spacial score (nSPS) is 11.1. The fourth-order valence-corrected chi connectivity index (χ4v) is 2.50. The molecule has 0 fully saturated rings. The fraction of sp³-hybridized carbons (Fsp3) is 0.300. The van der Waals surface area contributed by atoms with Crippen molar-refractivity contribution < 1.29 is 14.3 Å². The second kappa shape index (κ2) is 10.2. The molecule has 2 aromatic rings. The lowest BCUT2D eigenvalue weighted by Gasteiger charge is -2.22. The standard InChI is InChI=1S/C20H25FN4O2/c1-3-22-20(25(2)14-15-5-4-6-17(21)13-15)24-12-11-23-19(27)16-7-9-18(26)10-8-16/h4-10,13,26H,3,11-12,14H2,1-2H3,(H,22,24)(H,23,27). The minimum atomic E-state index is -0.264. The van der Waals surface area contributed by atoms with E-state index in [9.17, 15) is 14.3 Å². The van der Waals surface area contributed by atoms with E-state index in [1.807, 2.05) is 24.9 Å². The third-order valence-corrected chi connectivity index (χ3v) is 3.79. The Morgan fingerprint density at radius 1 is 1.19 bits per heavy atom. The first kappa shape index (κ1) is 20.2. The minimum absolute atomic E-state index is 0.118.